The number of rotatable bonds is 6. The molecule has 2 aliphatic rings. The van der Waals surface area contributed by atoms with E-state index in [2.05, 4.69) is 10.6 Å². The van der Waals surface area contributed by atoms with Crippen LogP contribution in [-0.4, -0.2) is 55.3 Å². The molecular weight excluding hydrogens is 346 g/mol. The number of amides is 2. The molecule has 0 aliphatic carbocycles. The lowest BCUT2D eigenvalue weighted by Gasteiger charge is -2.31. The molecular formula is C20H27N3O4. The highest BCUT2D eigenvalue weighted by Crippen LogP contribution is 2.32. The summed E-state index contributed by atoms with van der Waals surface area (Å²) in [6.07, 6.45) is 2.19. The molecule has 1 fully saturated rings. The van der Waals surface area contributed by atoms with E-state index in [0.29, 0.717) is 49.4 Å². The van der Waals surface area contributed by atoms with Gasteiger partial charge in [-0.2, -0.15) is 0 Å². The minimum atomic E-state index is -0.533. The Balaban J connectivity index is 1.57. The summed E-state index contributed by atoms with van der Waals surface area (Å²) >= 11 is 0. The van der Waals surface area contributed by atoms with Crippen molar-refractivity contribution in [2.24, 2.45) is 5.92 Å². The molecule has 0 bridgehead atoms. The minimum Gasteiger partial charge on any atom is -0.479 e. The lowest BCUT2D eigenvalue weighted by atomic mass is 9.88. The molecule has 0 radical (unpaired) electrons. The van der Waals surface area contributed by atoms with Gasteiger partial charge in [0.05, 0.1) is 5.69 Å². The number of likely N-dealkylation sites (tertiary alicyclic amines) is 1. The summed E-state index contributed by atoms with van der Waals surface area (Å²) in [6.45, 7) is 3.76. The largest absolute Gasteiger partial charge is 0.479 e. The van der Waals surface area contributed by atoms with Gasteiger partial charge in [-0.25, -0.2) is 0 Å². The van der Waals surface area contributed by atoms with Gasteiger partial charge in [0, 0.05) is 31.0 Å². The van der Waals surface area contributed by atoms with Crippen molar-refractivity contribution in [2.75, 3.05) is 32.0 Å². The van der Waals surface area contributed by atoms with E-state index >= 15 is 0 Å². The zero-order chi connectivity index (χ0) is 19.4. The lowest BCUT2D eigenvalue weighted by molar-refractivity contribution is -0.132. The van der Waals surface area contributed by atoms with Crippen LogP contribution in [0.2, 0.25) is 0 Å². The Hall–Kier alpha value is -2.41. The number of anilines is 1. The Bertz CT molecular complexity index is 726. The standard InChI is InChI=1S/C20H27N3O4/c1-13-20(26)22-16-12-15(5-6-17(16)27-13)19(25)14-7-10-23(11-8-14)18(24)4-3-9-21-2/h5-6,12-14,21H,3-4,7-11H2,1-2H3,(H,22,26). The van der Waals surface area contributed by atoms with Crippen molar-refractivity contribution < 1.29 is 19.1 Å². The van der Waals surface area contributed by atoms with Crippen LogP contribution in [0.25, 0.3) is 0 Å². The van der Waals surface area contributed by atoms with Crippen LogP contribution in [0.1, 0.15) is 43.0 Å². The maximum atomic E-state index is 12.9. The zero-order valence-corrected chi connectivity index (χ0v) is 15.9. The molecule has 146 valence electrons. The van der Waals surface area contributed by atoms with E-state index in [1.54, 1.807) is 25.1 Å². The summed E-state index contributed by atoms with van der Waals surface area (Å²) in [5.41, 5.74) is 1.12. The van der Waals surface area contributed by atoms with Gasteiger partial charge in [0.2, 0.25) is 5.91 Å². The summed E-state index contributed by atoms with van der Waals surface area (Å²) in [7, 11) is 1.88. The minimum absolute atomic E-state index is 0.0629. The van der Waals surface area contributed by atoms with Gasteiger partial charge in [-0.1, -0.05) is 0 Å². The van der Waals surface area contributed by atoms with Gasteiger partial charge in [0.15, 0.2) is 11.9 Å². The second-order valence-corrected chi connectivity index (χ2v) is 7.19. The van der Waals surface area contributed by atoms with Gasteiger partial charge in [-0.05, 0) is 58.0 Å². The number of fused-ring (bicyclic) bond motifs is 1. The highest BCUT2D eigenvalue weighted by Gasteiger charge is 2.29. The van der Waals surface area contributed by atoms with Gasteiger partial charge >= 0.3 is 0 Å². The van der Waals surface area contributed by atoms with Crippen LogP contribution in [0.3, 0.4) is 0 Å². The first kappa shape index (κ1) is 19.4. The average Bonchev–Trinajstić information content (AvgIpc) is 2.68. The molecule has 27 heavy (non-hydrogen) atoms. The van der Waals surface area contributed by atoms with E-state index in [4.69, 9.17) is 4.74 Å². The van der Waals surface area contributed by atoms with Crippen LogP contribution in [0.15, 0.2) is 18.2 Å². The van der Waals surface area contributed by atoms with E-state index in [0.717, 1.165) is 13.0 Å². The molecule has 1 saturated heterocycles. The molecule has 2 aliphatic heterocycles. The summed E-state index contributed by atoms with van der Waals surface area (Å²) in [6, 6.07) is 5.18. The third kappa shape index (κ3) is 4.47. The Labute approximate surface area is 159 Å². The van der Waals surface area contributed by atoms with Crippen LogP contribution in [0.4, 0.5) is 5.69 Å². The molecule has 0 saturated carbocycles. The predicted molar refractivity (Wildman–Crippen MR) is 102 cm³/mol. The molecule has 0 spiro atoms. The Morgan fingerprint density at radius 3 is 2.74 bits per heavy atom. The summed E-state index contributed by atoms with van der Waals surface area (Å²) in [5, 5.41) is 5.82. The van der Waals surface area contributed by atoms with Crippen LogP contribution in [-0.2, 0) is 9.59 Å². The van der Waals surface area contributed by atoms with Gasteiger partial charge in [0.1, 0.15) is 5.75 Å². The topological polar surface area (TPSA) is 87.7 Å². The molecule has 1 unspecified atom stereocenters. The van der Waals surface area contributed by atoms with Crippen LogP contribution in [0.5, 0.6) is 5.75 Å². The van der Waals surface area contributed by atoms with Crippen molar-refractivity contribution in [3.05, 3.63) is 23.8 Å². The number of hydrogen-bond acceptors (Lipinski definition) is 5. The Morgan fingerprint density at radius 1 is 1.30 bits per heavy atom. The number of Topliss-reactive ketones (excluding diaryl/α,β-unsaturated/α-hetero) is 1. The van der Waals surface area contributed by atoms with E-state index < -0.39 is 6.10 Å². The van der Waals surface area contributed by atoms with E-state index in [-0.39, 0.29) is 23.5 Å². The molecule has 1 aromatic rings. The first-order chi connectivity index (χ1) is 13.0. The molecule has 3 rings (SSSR count). The normalized spacial score (nSPS) is 19.9. The van der Waals surface area contributed by atoms with Crippen molar-refractivity contribution in [3.8, 4) is 5.75 Å². The summed E-state index contributed by atoms with van der Waals surface area (Å²) < 4.78 is 5.53. The van der Waals surface area contributed by atoms with Gasteiger partial charge in [-0.15, -0.1) is 0 Å². The van der Waals surface area contributed by atoms with Crippen molar-refractivity contribution in [1.29, 1.82) is 0 Å². The molecule has 7 heteroatoms. The van der Waals surface area contributed by atoms with Crippen LogP contribution in [0, 0.1) is 5.92 Å². The number of piperidine rings is 1. The fourth-order valence-electron chi connectivity index (χ4n) is 3.56. The van der Waals surface area contributed by atoms with E-state index in [1.165, 1.54) is 0 Å². The number of nitrogens with zero attached hydrogens (tertiary/aromatic N) is 1. The Morgan fingerprint density at radius 2 is 2.04 bits per heavy atom. The molecule has 0 aromatic heterocycles. The smallest absolute Gasteiger partial charge is 0.265 e. The molecule has 7 nitrogen and oxygen atoms in total. The highest BCUT2D eigenvalue weighted by atomic mass is 16.5. The van der Waals surface area contributed by atoms with Gasteiger partial charge in [0.25, 0.3) is 5.91 Å². The fraction of sp³-hybridized carbons (Fsp3) is 0.550. The van der Waals surface area contributed by atoms with Gasteiger partial charge in [-0.3, -0.25) is 14.4 Å². The number of nitrogens with one attached hydrogen (secondary N) is 2. The fourth-order valence-corrected chi connectivity index (χ4v) is 3.56. The first-order valence-corrected chi connectivity index (χ1v) is 9.57. The molecule has 2 heterocycles. The molecule has 1 aromatic carbocycles. The zero-order valence-electron chi connectivity index (χ0n) is 15.9. The number of hydrogen-bond donors (Lipinski definition) is 2. The van der Waals surface area contributed by atoms with E-state index in [9.17, 15) is 14.4 Å². The number of ketones is 1. The summed E-state index contributed by atoms with van der Waals surface area (Å²) in [5.74, 6) is 0.508. The van der Waals surface area contributed by atoms with Crippen molar-refractivity contribution >= 4 is 23.3 Å². The van der Waals surface area contributed by atoms with Gasteiger partial charge < -0.3 is 20.3 Å². The number of benzene rings is 1. The molecule has 1 atom stereocenters. The first-order valence-electron chi connectivity index (χ1n) is 9.57. The second-order valence-electron chi connectivity index (χ2n) is 7.19. The van der Waals surface area contributed by atoms with Crippen LogP contribution < -0.4 is 15.4 Å². The quantitative estimate of drug-likeness (QED) is 0.587. The Kier molecular flexibility index (Phi) is 6.11. The molecule has 2 N–H and O–H groups in total. The monoisotopic (exact) mass is 373 g/mol. The number of ether oxygens (including phenoxy) is 1. The number of carbonyl (C=O) groups is 3. The SMILES string of the molecule is CNCCCC(=O)N1CCC(C(=O)c2ccc3c(c2)NC(=O)C(C)O3)CC1. The average molecular weight is 373 g/mol. The van der Waals surface area contributed by atoms with Crippen molar-refractivity contribution in [1.82, 2.24) is 10.2 Å². The lowest BCUT2D eigenvalue weighted by Crippen LogP contribution is -2.40. The van der Waals surface area contributed by atoms with E-state index in [1.807, 2.05) is 11.9 Å². The summed E-state index contributed by atoms with van der Waals surface area (Å²) in [4.78, 5) is 38.7. The number of carbonyl (C=O) groups excluding carboxylic acids is 3. The third-order valence-corrected chi connectivity index (χ3v) is 5.23. The van der Waals surface area contributed by atoms with Crippen molar-refractivity contribution in [2.45, 2.75) is 38.7 Å². The second kappa shape index (κ2) is 8.52. The van der Waals surface area contributed by atoms with Crippen molar-refractivity contribution in [3.63, 3.8) is 0 Å². The van der Waals surface area contributed by atoms with Crippen LogP contribution >= 0.6 is 0 Å². The maximum Gasteiger partial charge on any atom is 0.265 e. The highest BCUT2D eigenvalue weighted by molar-refractivity contribution is 6.02. The maximum absolute atomic E-state index is 12.9. The predicted octanol–water partition coefficient (Wildman–Crippen LogP) is 1.83. The third-order valence-electron chi connectivity index (χ3n) is 5.23. The molecule has 2 amide bonds.